The SMILES string of the molecule is C/C=C/CN1C(=O)C2C(c3cccc(OC(F)(F)F)c3)NC(Cc3ccccc3)(C(=O)O)C2C1=O. The summed E-state index contributed by atoms with van der Waals surface area (Å²) in [6.07, 6.45) is -1.76. The molecule has 0 aliphatic carbocycles. The van der Waals surface area contributed by atoms with Crippen molar-refractivity contribution in [3.05, 3.63) is 77.9 Å². The second-order valence-electron chi connectivity index (χ2n) is 8.54. The lowest BCUT2D eigenvalue weighted by Crippen LogP contribution is -2.57. The summed E-state index contributed by atoms with van der Waals surface area (Å²) in [5.41, 5.74) is -1.01. The van der Waals surface area contributed by atoms with E-state index in [1.807, 2.05) is 0 Å². The van der Waals surface area contributed by atoms with Gasteiger partial charge in [-0.2, -0.15) is 0 Å². The number of rotatable bonds is 7. The first-order valence-corrected chi connectivity index (χ1v) is 10.9. The number of benzene rings is 2. The van der Waals surface area contributed by atoms with Crippen LogP contribution in [0.4, 0.5) is 13.2 Å². The Kier molecular flexibility index (Phi) is 6.42. The molecule has 2 N–H and O–H groups in total. The number of hydrogen-bond acceptors (Lipinski definition) is 5. The Balaban J connectivity index is 1.81. The highest BCUT2D eigenvalue weighted by molar-refractivity contribution is 6.09. The van der Waals surface area contributed by atoms with Crippen molar-refractivity contribution < 1.29 is 37.4 Å². The van der Waals surface area contributed by atoms with Crippen LogP contribution in [-0.2, 0) is 20.8 Å². The molecule has 4 rings (SSSR count). The summed E-state index contributed by atoms with van der Waals surface area (Å²) in [5.74, 6) is -5.41. The molecule has 2 heterocycles. The van der Waals surface area contributed by atoms with E-state index in [0.717, 1.165) is 17.0 Å². The predicted molar refractivity (Wildman–Crippen MR) is 118 cm³/mol. The number of nitrogens with zero attached hydrogens (tertiary/aromatic N) is 1. The summed E-state index contributed by atoms with van der Waals surface area (Å²) in [7, 11) is 0. The van der Waals surface area contributed by atoms with Gasteiger partial charge in [0.25, 0.3) is 0 Å². The van der Waals surface area contributed by atoms with E-state index in [-0.39, 0.29) is 18.5 Å². The fraction of sp³-hybridized carbons (Fsp3) is 0.320. The number of carboxylic acid groups (broad SMARTS) is 1. The molecule has 2 aliphatic rings. The summed E-state index contributed by atoms with van der Waals surface area (Å²) < 4.78 is 42.4. The number of allylic oxidation sites excluding steroid dienone is 1. The van der Waals surface area contributed by atoms with Crippen LogP contribution in [0.15, 0.2) is 66.7 Å². The van der Waals surface area contributed by atoms with Gasteiger partial charge in [-0.1, -0.05) is 54.6 Å². The van der Waals surface area contributed by atoms with Crippen LogP contribution in [0.25, 0.3) is 0 Å². The highest BCUT2D eigenvalue weighted by Crippen LogP contribution is 2.50. The third kappa shape index (κ3) is 4.53. The molecule has 0 bridgehead atoms. The maximum atomic E-state index is 13.4. The van der Waals surface area contributed by atoms with Crippen LogP contribution >= 0.6 is 0 Å². The number of carbonyl (C=O) groups is 3. The monoisotopic (exact) mass is 488 g/mol. The van der Waals surface area contributed by atoms with Crippen LogP contribution in [0.2, 0.25) is 0 Å². The van der Waals surface area contributed by atoms with Gasteiger partial charge in [0.15, 0.2) is 0 Å². The highest BCUT2D eigenvalue weighted by atomic mass is 19.4. The average Bonchev–Trinajstić information content (AvgIpc) is 3.26. The lowest BCUT2D eigenvalue weighted by molar-refractivity contribution is -0.274. The maximum Gasteiger partial charge on any atom is 0.573 e. The van der Waals surface area contributed by atoms with E-state index in [1.54, 1.807) is 49.4 Å². The standard InChI is InChI=1S/C25H23F3N2O5/c1-2-3-12-30-21(31)18-19(22(30)32)24(23(33)34,14-15-8-5-4-6-9-15)29-20(18)16-10-7-11-17(13-16)35-25(26,27)28/h2-11,13,18-20,29H,12,14H2,1H3,(H,33,34)/b3-2+. The minimum absolute atomic E-state index is 0.0217. The van der Waals surface area contributed by atoms with Crippen LogP contribution in [0.1, 0.15) is 24.1 Å². The quantitative estimate of drug-likeness (QED) is 0.458. The van der Waals surface area contributed by atoms with Gasteiger partial charge in [0.05, 0.1) is 11.8 Å². The van der Waals surface area contributed by atoms with Crippen LogP contribution in [0.3, 0.4) is 0 Å². The van der Waals surface area contributed by atoms with E-state index >= 15 is 0 Å². The molecule has 184 valence electrons. The molecule has 2 aromatic rings. The first kappa shape index (κ1) is 24.5. The van der Waals surface area contributed by atoms with Crippen LogP contribution in [0, 0.1) is 11.8 Å². The number of alkyl halides is 3. The molecule has 2 aliphatic heterocycles. The molecule has 2 fully saturated rings. The zero-order chi connectivity index (χ0) is 25.4. The molecule has 4 unspecified atom stereocenters. The van der Waals surface area contributed by atoms with Crippen LogP contribution in [-0.4, -0.2) is 46.2 Å². The third-order valence-corrected chi connectivity index (χ3v) is 6.43. The Labute approximate surface area is 199 Å². The fourth-order valence-corrected chi connectivity index (χ4v) is 5.00. The molecule has 7 nitrogen and oxygen atoms in total. The Morgan fingerprint density at radius 1 is 1.14 bits per heavy atom. The summed E-state index contributed by atoms with van der Waals surface area (Å²) in [4.78, 5) is 40.6. The lowest BCUT2D eigenvalue weighted by atomic mass is 9.76. The van der Waals surface area contributed by atoms with Gasteiger partial charge >= 0.3 is 12.3 Å². The largest absolute Gasteiger partial charge is 0.573 e. The number of amides is 2. The van der Waals surface area contributed by atoms with E-state index < -0.39 is 53.3 Å². The van der Waals surface area contributed by atoms with E-state index in [0.29, 0.717) is 5.56 Å². The number of imide groups is 1. The number of carbonyl (C=O) groups excluding carboxylic acids is 2. The van der Waals surface area contributed by atoms with E-state index in [9.17, 15) is 32.7 Å². The number of carboxylic acids is 1. The van der Waals surface area contributed by atoms with Gasteiger partial charge in [-0.3, -0.25) is 24.6 Å². The van der Waals surface area contributed by atoms with Gasteiger partial charge in [0.1, 0.15) is 11.3 Å². The summed E-state index contributed by atoms with van der Waals surface area (Å²) >= 11 is 0. The van der Waals surface area contributed by atoms with Gasteiger partial charge in [-0.25, -0.2) is 0 Å². The molecule has 10 heteroatoms. The first-order chi connectivity index (χ1) is 16.6. The van der Waals surface area contributed by atoms with Crippen molar-refractivity contribution in [1.29, 1.82) is 0 Å². The fourth-order valence-electron chi connectivity index (χ4n) is 5.00. The van der Waals surface area contributed by atoms with Crippen molar-refractivity contribution in [2.24, 2.45) is 11.8 Å². The van der Waals surface area contributed by atoms with E-state index in [4.69, 9.17) is 0 Å². The topological polar surface area (TPSA) is 95.9 Å². The highest BCUT2D eigenvalue weighted by Gasteiger charge is 2.68. The van der Waals surface area contributed by atoms with Crippen molar-refractivity contribution in [3.8, 4) is 5.75 Å². The number of hydrogen-bond donors (Lipinski definition) is 2. The van der Waals surface area contributed by atoms with Gasteiger partial charge in [-0.05, 0) is 30.2 Å². The minimum Gasteiger partial charge on any atom is -0.480 e. The molecular formula is C25H23F3N2O5. The van der Waals surface area contributed by atoms with Gasteiger partial charge < -0.3 is 9.84 Å². The molecule has 0 aromatic heterocycles. The second-order valence-corrected chi connectivity index (χ2v) is 8.54. The van der Waals surface area contributed by atoms with Crippen LogP contribution in [0.5, 0.6) is 5.75 Å². The molecule has 35 heavy (non-hydrogen) atoms. The maximum absolute atomic E-state index is 13.4. The molecule has 0 radical (unpaired) electrons. The Bertz CT molecular complexity index is 1170. The molecule has 0 spiro atoms. The smallest absolute Gasteiger partial charge is 0.480 e. The van der Waals surface area contributed by atoms with Crippen molar-refractivity contribution >= 4 is 17.8 Å². The van der Waals surface area contributed by atoms with Gasteiger partial charge in [0.2, 0.25) is 11.8 Å². The first-order valence-electron chi connectivity index (χ1n) is 10.9. The Morgan fingerprint density at radius 3 is 2.49 bits per heavy atom. The molecule has 2 aromatic carbocycles. The van der Waals surface area contributed by atoms with Crippen molar-refractivity contribution in [1.82, 2.24) is 10.2 Å². The second kappa shape index (κ2) is 9.18. The normalized spacial score (nSPS) is 26.4. The number of fused-ring (bicyclic) bond motifs is 1. The Morgan fingerprint density at radius 2 is 1.86 bits per heavy atom. The number of aliphatic carboxylic acids is 1. The number of likely N-dealkylation sites (tertiary alicyclic amines) is 1. The average molecular weight is 488 g/mol. The summed E-state index contributed by atoms with van der Waals surface area (Å²) in [6.45, 7) is 1.70. The zero-order valence-corrected chi connectivity index (χ0v) is 18.7. The molecule has 0 saturated carbocycles. The number of halogens is 3. The van der Waals surface area contributed by atoms with Crippen molar-refractivity contribution in [3.63, 3.8) is 0 Å². The van der Waals surface area contributed by atoms with E-state index in [2.05, 4.69) is 10.1 Å². The van der Waals surface area contributed by atoms with E-state index in [1.165, 1.54) is 12.1 Å². The number of nitrogens with one attached hydrogen (secondary N) is 1. The van der Waals surface area contributed by atoms with Gasteiger partial charge in [-0.15, -0.1) is 13.2 Å². The zero-order valence-electron chi connectivity index (χ0n) is 18.7. The molecule has 4 atom stereocenters. The third-order valence-electron chi connectivity index (χ3n) is 6.43. The molecule has 2 saturated heterocycles. The number of ether oxygens (including phenoxy) is 1. The Hall–Kier alpha value is -3.66. The molecular weight excluding hydrogens is 465 g/mol. The van der Waals surface area contributed by atoms with Crippen molar-refractivity contribution in [2.75, 3.05) is 6.54 Å². The lowest BCUT2D eigenvalue weighted by Gasteiger charge is -2.31. The predicted octanol–water partition coefficient (Wildman–Crippen LogP) is 3.47. The van der Waals surface area contributed by atoms with Gasteiger partial charge in [0, 0.05) is 19.0 Å². The molecule has 2 amide bonds. The summed E-state index contributed by atoms with van der Waals surface area (Å²) in [6, 6.07) is 12.6. The summed E-state index contributed by atoms with van der Waals surface area (Å²) in [5, 5.41) is 13.4. The van der Waals surface area contributed by atoms with Crippen LogP contribution < -0.4 is 10.1 Å². The minimum atomic E-state index is -4.93. The van der Waals surface area contributed by atoms with Crippen molar-refractivity contribution in [2.45, 2.75) is 31.3 Å².